The van der Waals surface area contributed by atoms with Crippen molar-refractivity contribution >= 4 is 0 Å². The molecule has 90 valence electrons. The van der Waals surface area contributed by atoms with Crippen LogP contribution in [0.4, 0.5) is 0 Å². The van der Waals surface area contributed by atoms with Crippen molar-refractivity contribution in [2.75, 3.05) is 26.4 Å². The van der Waals surface area contributed by atoms with Crippen LogP contribution in [0, 0.1) is 5.41 Å². The quantitative estimate of drug-likeness (QED) is 0.661. The summed E-state index contributed by atoms with van der Waals surface area (Å²) in [6, 6.07) is 0.659. The Bertz CT molecular complexity index is 171. The van der Waals surface area contributed by atoms with Crippen LogP contribution in [0.2, 0.25) is 0 Å². The lowest BCUT2D eigenvalue weighted by molar-refractivity contribution is 0.0894. The Hall–Kier alpha value is -0.120. The van der Waals surface area contributed by atoms with E-state index in [-0.39, 0.29) is 6.61 Å². The number of ether oxygens (including phenoxy) is 1. The molecule has 1 saturated carbocycles. The molecular formula is C12H25NO2. The first-order valence-corrected chi connectivity index (χ1v) is 6.06. The van der Waals surface area contributed by atoms with Crippen molar-refractivity contribution in [1.29, 1.82) is 0 Å². The van der Waals surface area contributed by atoms with E-state index in [1.165, 1.54) is 25.7 Å². The molecule has 0 heterocycles. The van der Waals surface area contributed by atoms with Gasteiger partial charge < -0.3 is 15.2 Å². The van der Waals surface area contributed by atoms with Crippen LogP contribution in [-0.4, -0.2) is 37.5 Å². The van der Waals surface area contributed by atoms with E-state index in [4.69, 9.17) is 9.84 Å². The van der Waals surface area contributed by atoms with Crippen molar-refractivity contribution in [2.24, 2.45) is 5.41 Å². The average Bonchev–Trinajstić information content (AvgIpc) is 2.16. The molecule has 0 unspecified atom stereocenters. The topological polar surface area (TPSA) is 41.5 Å². The summed E-state index contributed by atoms with van der Waals surface area (Å²) in [5, 5.41) is 12.1. The van der Waals surface area contributed by atoms with Gasteiger partial charge in [-0.1, -0.05) is 20.3 Å². The van der Waals surface area contributed by atoms with E-state index >= 15 is 0 Å². The van der Waals surface area contributed by atoms with Crippen LogP contribution >= 0.6 is 0 Å². The highest BCUT2D eigenvalue weighted by atomic mass is 16.5. The maximum atomic E-state index is 8.54. The van der Waals surface area contributed by atoms with Crippen LogP contribution in [-0.2, 0) is 4.74 Å². The standard InChI is InChI=1S/C12H25NO2/c1-12(2)5-3-4-11(10-12)13-6-8-15-9-7-14/h11,13-14H,3-10H2,1-2H3/t11-/m1/s1. The van der Waals surface area contributed by atoms with E-state index in [1.807, 2.05) is 0 Å². The molecule has 2 N–H and O–H groups in total. The summed E-state index contributed by atoms with van der Waals surface area (Å²) >= 11 is 0. The molecule has 0 aliphatic heterocycles. The zero-order chi connectivity index (χ0) is 11.1. The second kappa shape index (κ2) is 6.46. The third kappa shape index (κ3) is 5.50. The third-order valence-corrected chi connectivity index (χ3v) is 3.12. The van der Waals surface area contributed by atoms with Gasteiger partial charge in [0.25, 0.3) is 0 Å². The Morgan fingerprint density at radius 1 is 1.40 bits per heavy atom. The van der Waals surface area contributed by atoms with Crippen LogP contribution in [0.25, 0.3) is 0 Å². The molecule has 0 radical (unpaired) electrons. The van der Waals surface area contributed by atoms with Gasteiger partial charge in [0.1, 0.15) is 0 Å². The van der Waals surface area contributed by atoms with Crippen molar-refractivity contribution in [2.45, 2.75) is 45.6 Å². The highest BCUT2D eigenvalue weighted by molar-refractivity contribution is 4.83. The molecule has 3 heteroatoms. The summed E-state index contributed by atoms with van der Waals surface area (Å²) in [7, 11) is 0. The van der Waals surface area contributed by atoms with Gasteiger partial charge in [0.05, 0.1) is 19.8 Å². The minimum Gasteiger partial charge on any atom is -0.394 e. The zero-order valence-electron chi connectivity index (χ0n) is 10.1. The molecule has 15 heavy (non-hydrogen) atoms. The number of nitrogens with one attached hydrogen (secondary N) is 1. The van der Waals surface area contributed by atoms with E-state index in [1.54, 1.807) is 0 Å². The van der Waals surface area contributed by atoms with Crippen LogP contribution < -0.4 is 5.32 Å². The first kappa shape index (κ1) is 12.9. The lowest BCUT2D eigenvalue weighted by Crippen LogP contribution is -2.38. The molecule has 1 fully saturated rings. The number of aliphatic hydroxyl groups is 1. The first-order valence-electron chi connectivity index (χ1n) is 6.06. The molecule has 0 aromatic heterocycles. The van der Waals surface area contributed by atoms with E-state index in [2.05, 4.69) is 19.2 Å². The SMILES string of the molecule is CC1(C)CCC[C@@H](NCCOCCO)C1. The average molecular weight is 215 g/mol. The Morgan fingerprint density at radius 2 is 2.20 bits per heavy atom. The Morgan fingerprint density at radius 3 is 2.87 bits per heavy atom. The summed E-state index contributed by atoms with van der Waals surface area (Å²) < 4.78 is 5.21. The summed E-state index contributed by atoms with van der Waals surface area (Å²) in [6.45, 7) is 6.89. The predicted octanol–water partition coefficient (Wildman–Crippen LogP) is 1.55. The fourth-order valence-electron chi connectivity index (χ4n) is 2.37. The molecule has 0 saturated heterocycles. The van der Waals surface area contributed by atoms with Crippen molar-refractivity contribution in [3.05, 3.63) is 0 Å². The minimum atomic E-state index is 0.121. The lowest BCUT2D eigenvalue weighted by Gasteiger charge is -2.35. The maximum absolute atomic E-state index is 8.54. The fourth-order valence-corrected chi connectivity index (χ4v) is 2.37. The van der Waals surface area contributed by atoms with Crippen LogP contribution in [0.1, 0.15) is 39.5 Å². The molecule has 0 spiro atoms. The van der Waals surface area contributed by atoms with Gasteiger partial charge in [-0.25, -0.2) is 0 Å². The molecular weight excluding hydrogens is 190 g/mol. The number of hydrogen-bond acceptors (Lipinski definition) is 3. The Balaban J connectivity index is 2.05. The molecule has 0 amide bonds. The molecule has 1 aliphatic rings. The largest absolute Gasteiger partial charge is 0.394 e. The van der Waals surface area contributed by atoms with E-state index in [9.17, 15) is 0 Å². The summed E-state index contributed by atoms with van der Waals surface area (Å²) in [5.41, 5.74) is 0.502. The Kier molecular flexibility index (Phi) is 5.58. The van der Waals surface area contributed by atoms with Gasteiger partial charge in [0.2, 0.25) is 0 Å². The zero-order valence-corrected chi connectivity index (χ0v) is 10.1. The van der Waals surface area contributed by atoms with Gasteiger partial charge in [0.15, 0.2) is 0 Å². The highest BCUT2D eigenvalue weighted by Crippen LogP contribution is 2.34. The van der Waals surface area contributed by atoms with Crippen molar-refractivity contribution in [3.8, 4) is 0 Å². The van der Waals surface area contributed by atoms with Gasteiger partial charge in [-0.15, -0.1) is 0 Å². The third-order valence-electron chi connectivity index (χ3n) is 3.12. The molecule has 0 aromatic rings. The fraction of sp³-hybridized carbons (Fsp3) is 1.00. The smallest absolute Gasteiger partial charge is 0.0698 e. The minimum absolute atomic E-state index is 0.121. The molecule has 0 aromatic carbocycles. The summed E-state index contributed by atoms with van der Waals surface area (Å²) in [4.78, 5) is 0. The molecule has 1 atom stereocenters. The van der Waals surface area contributed by atoms with Gasteiger partial charge in [-0.05, 0) is 24.7 Å². The predicted molar refractivity (Wildman–Crippen MR) is 61.9 cm³/mol. The van der Waals surface area contributed by atoms with Crippen molar-refractivity contribution in [1.82, 2.24) is 5.32 Å². The lowest BCUT2D eigenvalue weighted by atomic mass is 9.75. The van der Waals surface area contributed by atoms with E-state index in [0.29, 0.717) is 24.7 Å². The molecule has 0 bridgehead atoms. The van der Waals surface area contributed by atoms with Gasteiger partial charge in [-0.2, -0.15) is 0 Å². The van der Waals surface area contributed by atoms with Crippen molar-refractivity contribution in [3.63, 3.8) is 0 Å². The first-order chi connectivity index (χ1) is 7.14. The van der Waals surface area contributed by atoms with E-state index in [0.717, 1.165) is 6.54 Å². The monoisotopic (exact) mass is 215 g/mol. The second-order valence-electron chi connectivity index (χ2n) is 5.25. The van der Waals surface area contributed by atoms with Gasteiger partial charge in [-0.3, -0.25) is 0 Å². The maximum Gasteiger partial charge on any atom is 0.0698 e. The van der Waals surface area contributed by atoms with Gasteiger partial charge >= 0.3 is 0 Å². The van der Waals surface area contributed by atoms with Crippen molar-refractivity contribution < 1.29 is 9.84 Å². The highest BCUT2D eigenvalue weighted by Gasteiger charge is 2.27. The molecule has 3 nitrogen and oxygen atoms in total. The summed E-state index contributed by atoms with van der Waals surface area (Å²) in [5.74, 6) is 0. The van der Waals surface area contributed by atoms with E-state index < -0.39 is 0 Å². The van der Waals surface area contributed by atoms with Crippen LogP contribution in [0.5, 0.6) is 0 Å². The normalized spacial score (nSPS) is 25.4. The van der Waals surface area contributed by atoms with Gasteiger partial charge in [0, 0.05) is 12.6 Å². The Labute approximate surface area is 93.2 Å². The molecule has 1 aliphatic carbocycles. The number of rotatable bonds is 6. The van der Waals surface area contributed by atoms with Crippen LogP contribution in [0.15, 0.2) is 0 Å². The summed E-state index contributed by atoms with van der Waals surface area (Å²) in [6.07, 6.45) is 5.25. The number of hydrogen-bond donors (Lipinski definition) is 2. The number of aliphatic hydroxyl groups excluding tert-OH is 1. The second-order valence-corrected chi connectivity index (χ2v) is 5.25. The van der Waals surface area contributed by atoms with Crippen LogP contribution in [0.3, 0.4) is 0 Å². The molecule has 1 rings (SSSR count).